The van der Waals surface area contributed by atoms with Gasteiger partial charge in [-0.05, 0) is 27.2 Å². The zero-order chi connectivity index (χ0) is 17.7. The van der Waals surface area contributed by atoms with E-state index in [2.05, 4.69) is 15.3 Å². The lowest BCUT2D eigenvalue weighted by Crippen LogP contribution is -2.51. The first-order valence-corrected chi connectivity index (χ1v) is 8.55. The third-order valence-electron chi connectivity index (χ3n) is 3.92. The monoisotopic (exact) mass is 334 g/mol. The largest absolute Gasteiger partial charge is 0.462 e. The van der Waals surface area contributed by atoms with E-state index in [0.717, 1.165) is 13.0 Å². The molecule has 1 amide bonds. The molecule has 7 heteroatoms. The van der Waals surface area contributed by atoms with Gasteiger partial charge in [-0.1, -0.05) is 13.3 Å². The highest BCUT2D eigenvalue weighted by molar-refractivity contribution is 6.04. The molecule has 132 valence electrons. The number of carbonyl (C=O) groups is 2. The van der Waals surface area contributed by atoms with Gasteiger partial charge in [0.05, 0.1) is 12.3 Å². The molecule has 7 nitrogen and oxygen atoms in total. The molecular weight excluding hydrogens is 308 g/mol. The number of nitrogens with one attached hydrogen (secondary N) is 1. The molecule has 0 bridgehead atoms. The van der Waals surface area contributed by atoms with Crippen LogP contribution in [0, 0.1) is 6.92 Å². The molecule has 1 aliphatic rings. The van der Waals surface area contributed by atoms with Gasteiger partial charge >= 0.3 is 5.97 Å². The van der Waals surface area contributed by atoms with Crippen LogP contribution >= 0.6 is 0 Å². The Morgan fingerprint density at radius 1 is 1.33 bits per heavy atom. The minimum absolute atomic E-state index is 0.165. The summed E-state index contributed by atoms with van der Waals surface area (Å²) in [5.41, 5.74) is 0.981. The molecular formula is C17H26N4O3. The van der Waals surface area contributed by atoms with Crippen molar-refractivity contribution in [1.29, 1.82) is 0 Å². The van der Waals surface area contributed by atoms with E-state index in [4.69, 9.17) is 4.74 Å². The van der Waals surface area contributed by atoms with Crippen LogP contribution in [-0.2, 0) is 11.2 Å². The molecule has 1 aromatic heterocycles. The number of amides is 1. The summed E-state index contributed by atoms with van der Waals surface area (Å²) in [5.74, 6) is -0.250. The van der Waals surface area contributed by atoms with E-state index < -0.39 is 5.97 Å². The van der Waals surface area contributed by atoms with Crippen LogP contribution in [0.15, 0.2) is 0 Å². The van der Waals surface area contributed by atoms with Crippen molar-refractivity contribution in [3.8, 4) is 0 Å². The molecule has 1 unspecified atom stereocenters. The van der Waals surface area contributed by atoms with Gasteiger partial charge in [0.2, 0.25) is 0 Å². The van der Waals surface area contributed by atoms with Crippen molar-refractivity contribution in [2.45, 2.75) is 46.6 Å². The van der Waals surface area contributed by atoms with Crippen LogP contribution in [0.3, 0.4) is 0 Å². The number of carbonyl (C=O) groups excluding carboxylic acids is 2. The van der Waals surface area contributed by atoms with Crippen molar-refractivity contribution < 1.29 is 14.3 Å². The van der Waals surface area contributed by atoms with E-state index in [1.165, 1.54) is 0 Å². The molecule has 0 saturated carbocycles. The molecule has 2 heterocycles. The van der Waals surface area contributed by atoms with Gasteiger partial charge < -0.3 is 15.0 Å². The third-order valence-corrected chi connectivity index (χ3v) is 3.92. The molecule has 2 rings (SSSR count). The Hall–Kier alpha value is -2.02. The summed E-state index contributed by atoms with van der Waals surface area (Å²) >= 11 is 0. The Bertz CT molecular complexity index is 618. The molecule has 1 aliphatic heterocycles. The van der Waals surface area contributed by atoms with E-state index in [9.17, 15) is 9.59 Å². The molecule has 0 radical (unpaired) electrons. The number of aryl methyl sites for hydroxylation is 2. The molecule has 1 N–H and O–H groups in total. The average Bonchev–Trinajstić information content (AvgIpc) is 2.54. The summed E-state index contributed by atoms with van der Waals surface area (Å²) in [5, 5.41) is 3.30. The Morgan fingerprint density at radius 2 is 2.08 bits per heavy atom. The first-order valence-electron chi connectivity index (χ1n) is 8.55. The summed E-state index contributed by atoms with van der Waals surface area (Å²) in [6, 6.07) is 0.215. The van der Waals surface area contributed by atoms with Crippen LogP contribution in [-0.4, -0.2) is 59.0 Å². The van der Waals surface area contributed by atoms with Gasteiger partial charge in [-0.25, -0.2) is 14.8 Å². The fraction of sp³-hybridized carbons (Fsp3) is 0.647. The van der Waals surface area contributed by atoms with E-state index in [1.54, 1.807) is 18.7 Å². The second-order valence-corrected chi connectivity index (χ2v) is 6.02. The number of hydrogen-bond acceptors (Lipinski definition) is 6. The lowest BCUT2D eigenvalue weighted by molar-refractivity contribution is 0.0513. The van der Waals surface area contributed by atoms with Gasteiger partial charge in [0.25, 0.3) is 5.91 Å². The van der Waals surface area contributed by atoms with Crippen LogP contribution in [0.5, 0.6) is 0 Å². The number of rotatable bonds is 5. The predicted molar refractivity (Wildman–Crippen MR) is 90.1 cm³/mol. The topological polar surface area (TPSA) is 84.4 Å². The molecule has 1 fully saturated rings. The minimum Gasteiger partial charge on any atom is -0.462 e. The van der Waals surface area contributed by atoms with Crippen LogP contribution in [0.25, 0.3) is 0 Å². The first-order chi connectivity index (χ1) is 11.5. The lowest BCUT2D eigenvalue weighted by atomic mass is 10.1. The normalized spacial score (nSPS) is 17.7. The summed E-state index contributed by atoms with van der Waals surface area (Å²) in [6.07, 6.45) is 1.43. The Balaban J connectivity index is 2.46. The maximum atomic E-state index is 13.0. The average molecular weight is 334 g/mol. The summed E-state index contributed by atoms with van der Waals surface area (Å²) in [7, 11) is 0. The molecule has 0 aromatic carbocycles. The molecule has 1 atom stereocenters. The van der Waals surface area contributed by atoms with Crippen LogP contribution < -0.4 is 5.32 Å². The lowest BCUT2D eigenvalue weighted by Gasteiger charge is -2.32. The molecule has 24 heavy (non-hydrogen) atoms. The van der Waals surface area contributed by atoms with Gasteiger partial charge in [0, 0.05) is 25.7 Å². The minimum atomic E-state index is -0.521. The smallest absolute Gasteiger partial charge is 0.342 e. The van der Waals surface area contributed by atoms with Gasteiger partial charge in [-0.3, -0.25) is 4.79 Å². The van der Waals surface area contributed by atoms with Crippen molar-refractivity contribution in [1.82, 2.24) is 20.2 Å². The van der Waals surface area contributed by atoms with E-state index in [1.807, 2.05) is 13.8 Å². The van der Waals surface area contributed by atoms with E-state index in [0.29, 0.717) is 31.0 Å². The maximum Gasteiger partial charge on any atom is 0.342 e. The quantitative estimate of drug-likeness (QED) is 0.818. The fourth-order valence-electron chi connectivity index (χ4n) is 2.89. The number of hydrogen-bond donors (Lipinski definition) is 1. The van der Waals surface area contributed by atoms with Crippen LogP contribution in [0.1, 0.15) is 59.6 Å². The standard InChI is InChI=1S/C17H26N4O3/c1-5-7-13-14(17(23)24-6-2)15(20-12(4)19-13)16(22)21-9-8-18-11(3)10-21/h11,18H,5-10H2,1-4H3. The number of esters is 1. The molecule has 1 saturated heterocycles. The second-order valence-electron chi connectivity index (χ2n) is 6.02. The zero-order valence-corrected chi connectivity index (χ0v) is 14.9. The zero-order valence-electron chi connectivity index (χ0n) is 14.9. The Labute approximate surface area is 142 Å². The SMILES string of the molecule is CCCc1nc(C)nc(C(=O)N2CCNC(C)C2)c1C(=O)OCC. The summed E-state index contributed by atoms with van der Waals surface area (Å²) in [6.45, 7) is 9.68. The van der Waals surface area contributed by atoms with Gasteiger partial charge in [0.15, 0.2) is 0 Å². The second kappa shape index (κ2) is 8.19. The maximum absolute atomic E-state index is 13.0. The van der Waals surface area contributed by atoms with E-state index >= 15 is 0 Å². The third kappa shape index (κ3) is 4.08. The van der Waals surface area contributed by atoms with Crippen molar-refractivity contribution in [2.75, 3.05) is 26.2 Å². The molecule has 0 aliphatic carbocycles. The van der Waals surface area contributed by atoms with Crippen molar-refractivity contribution in [2.24, 2.45) is 0 Å². The number of piperazine rings is 1. The Morgan fingerprint density at radius 3 is 2.71 bits per heavy atom. The molecule has 0 spiro atoms. The number of aromatic nitrogens is 2. The highest BCUT2D eigenvalue weighted by Gasteiger charge is 2.30. The van der Waals surface area contributed by atoms with Gasteiger partial charge in [-0.15, -0.1) is 0 Å². The number of nitrogens with zero attached hydrogens (tertiary/aromatic N) is 3. The van der Waals surface area contributed by atoms with E-state index in [-0.39, 0.29) is 29.8 Å². The fourth-order valence-corrected chi connectivity index (χ4v) is 2.89. The highest BCUT2D eigenvalue weighted by Crippen LogP contribution is 2.18. The Kier molecular flexibility index (Phi) is 6.25. The first kappa shape index (κ1) is 18.3. The predicted octanol–water partition coefficient (Wildman–Crippen LogP) is 1.35. The van der Waals surface area contributed by atoms with Crippen molar-refractivity contribution in [3.63, 3.8) is 0 Å². The van der Waals surface area contributed by atoms with Gasteiger partial charge in [-0.2, -0.15) is 0 Å². The highest BCUT2D eigenvalue weighted by atomic mass is 16.5. The van der Waals surface area contributed by atoms with Crippen molar-refractivity contribution >= 4 is 11.9 Å². The van der Waals surface area contributed by atoms with Crippen LogP contribution in [0.2, 0.25) is 0 Å². The van der Waals surface area contributed by atoms with Crippen LogP contribution in [0.4, 0.5) is 0 Å². The number of ether oxygens (including phenoxy) is 1. The van der Waals surface area contributed by atoms with Crippen molar-refractivity contribution in [3.05, 3.63) is 22.8 Å². The van der Waals surface area contributed by atoms with Gasteiger partial charge in [0.1, 0.15) is 17.1 Å². The summed E-state index contributed by atoms with van der Waals surface area (Å²) in [4.78, 5) is 35.8. The molecule has 1 aromatic rings. The summed E-state index contributed by atoms with van der Waals surface area (Å²) < 4.78 is 5.15.